The van der Waals surface area contributed by atoms with Crippen LogP contribution in [0.1, 0.15) is 47.3 Å². The fourth-order valence-electron chi connectivity index (χ4n) is 1.46. The van der Waals surface area contributed by atoms with Gasteiger partial charge in [-0.25, -0.2) is 0 Å². The number of terminal acetylenes is 1. The maximum atomic E-state index is 6.79. The highest BCUT2D eigenvalue weighted by molar-refractivity contribution is 5.19. The van der Waals surface area contributed by atoms with Gasteiger partial charge in [0.25, 0.3) is 0 Å². The van der Waals surface area contributed by atoms with Crippen molar-refractivity contribution in [1.29, 1.82) is 0 Å². The summed E-state index contributed by atoms with van der Waals surface area (Å²) in [6.45, 7) is 4.18. The summed E-state index contributed by atoms with van der Waals surface area (Å²) in [4.78, 5) is 0. The third-order valence-corrected chi connectivity index (χ3v) is 2.51. The van der Waals surface area contributed by atoms with Crippen LogP contribution in [0.15, 0.2) is 0 Å². The molecule has 0 radical (unpaired) electrons. The largest absolute Gasteiger partial charge is 0.353 e. The van der Waals surface area contributed by atoms with Gasteiger partial charge in [-0.15, -0.1) is 6.40 Å². The van der Waals surface area contributed by atoms with Crippen molar-refractivity contribution in [2.75, 3.05) is 0 Å². The van der Waals surface area contributed by atoms with Gasteiger partial charge in [0.15, 0.2) is 5.60 Å². The standard InChI is InChI=1S/C11H18O/c1-4-6-7-8-9-10-11(3,5-2)12-10/h2,10H,4,6-9H2,1,3H3/t10-,11-/m0/s1/i2D. The van der Waals surface area contributed by atoms with Crippen LogP contribution in [0.4, 0.5) is 0 Å². The molecule has 68 valence electrons. The van der Waals surface area contributed by atoms with E-state index in [0.717, 1.165) is 6.42 Å². The van der Waals surface area contributed by atoms with Gasteiger partial charge in [0.2, 0.25) is 0 Å². The Labute approximate surface area is 76.9 Å². The van der Waals surface area contributed by atoms with E-state index in [-0.39, 0.29) is 5.60 Å². The molecule has 0 amide bonds. The van der Waals surface area contributed by atoms with Crippen LogP contribution in [-0.2, 0) is 4.74 Å². The molecule has 1 heterocycles. The summed E-state index contributed by atoms with van der Waals surface area (Å²) in [7, 11) is 0. The van der Waals surface area contributed by atoms with Crippen LogP contribution in [0.25, 0.3) is 0 Å². The van der Waals surface area contributed by atoms with Crippen LogP contribution in [0.3, 0.4) is 0 Å². The molecule has 1 aliphatic heterocycles. The molecule has 1 aliphatic rings. The molecule has 0 unspecified atom stereocenters. The van der Waals surface area contributed by atoms with Gasteiger partial charge in [-0.3, -0.25) is 0 Å². The third kappa shape index (κ3) is 2.25. The van der Waals surface area contributed by atoms with Gasteiger partial charge in [0.1, 0.15) is 1.37 Å². The van der Waals surface area contributed by atoms with E-state index < -0.39 is 0 Å². The Bertz CT molecular complexity index is 216. The molecule has 1 saturated heterocycles. The van der Waals surface area contributed by atoms with Gasteiger partial charge in [-0.1, -0.05) is 38.5 Å². The molecule has 0 aromatic rings. The van der Waals surface area contributed by atoms with Gasteiger partial charge >= 0.3 is 0 Å². The monoisotopic (exact) mass is 167 g/mol. The highest BCUT2D eigenvalue weighted by atomic mass is 16.6. The van der Waals surface area contributed by atoms with Crippen molar-refractivity contribution in [3.05, 3.63) is 0 Å². The van der Waals surface area contributed by atoms with E-state index in [1.54, 1.807) is 0 Å². The summed E-state index contributed by atoms with van der Waals surface area (Å²) in [6.07, 6.45) is 8.68. The fraction of sp³-hybridized carbons (Fsp3) is 0.818. The van der Waals surface area contributed by atoms with E-state index in [4.69, 9.17) is 6.11 Å². The number of unbranched alkanes of at least 4 members (excludes halogenated alkanes) is 3. The number of epoxide rings is 1. The fourth-order valence-corrected chi connectivity index (χ4v) is 1.46. The zero-order valence-corrected chi connectivity index (χ0v) is 8.02. The van der Waals surface area contributed by atoms with Crippen LogP contribution >= 0.6 is 0 Å². The summed E-state index contributed by atoms with van der Waals surface area (Å²) in [5, 5.41) is 0. The average molecular weight is 167 g/mol. The van der Waals surface area contributed by atoms with Crippen LogP contribution < -0.4 is 0 Å². The number of rotatable bonds is 5. The first-order valence-corrected chi connectivity index (χ1v) is 4.84. The number of hydrogen-bond donors (Lipinski definition) is 0. The van der Waals surface area contributed by atoms with E-state index in [9.17, 15) is 0 Å². The van der Waals surface area contributed by atoms with Gasteiger partial charge in [-0.05, 0) is 13.3 Å². The van der Waals surface area contributed by atoms with Crippen LogP contribution in [-0.4, -0.2) is 11.7 Å². The maximum absolute atomic E-state index is 6.79. The Balaban J connectivity index is 2.09. The summed E-state index contributed by atoms with van der Waals surface area (Å²) in [5.41, 5.74) is -0.284. The molecule has 0 aromatic heterocycles. The summed E-state index contributed by atoms with van der Waals surface area (Å²) in [6, 6.07) is 0. The number of ether oxygens (including phenoxy) is 1. The predicted molar refractivity (Wildman–Crippen MR) is 50.9 cm³/mol. The molecule has 1 rings (SSSR count). The summed E-state index contributed by atoms with van der Waals surface area (Å²) in [5.74, 6) is 2.78. The second-order valence-corrected chi connectivity index (χ2v) is 3.69. The second kappa shape index (κ2) is 3.96. The lowest BCUT2D eigenvalue weighted by molar-refractivity contribution is 0.339. The molecule has 0 aromatic carbocycles. The van der Waals surface area contributed by atoms with E-state index in [1.165, 1.54) is 25.7 Å². The summed E-state index contributed by atoms with van der Waals surface area (Å²) < 4.78 is 12.2. The van der Waals surface area contributed by atoms with Crippen molar-refractivity contribution >= 4 is 0 Å². The molecule has 12 heavy (non-hydrogen) atoms. The number of hydrogen-bond acceptors (Lipinski definition) is 1. The molecule has 0 aliphatic carbocycles. The minimum atomic E-state index is -0.284. The smallest absolute Gasteiger partial charge is 0.152 e. The molecule has 0 N–H and O–H groups in total. The first kappa shape index (κ1) is 8.13. The molecule has 1 nitrogen and oxygen atoms in total. The maximum Gasteiger partial charge on any atom is 0.152 e. The molecular formula is C11H18O. The minimum Gasteiger partial charge on any atom is -0.353 e. The topological polar surface area (TPSA) is 12.5 Å². The van der Waals surface area contributed by atoms with Crippen molar-refractivity contribution in [2.24, 2.45) is 0 Å². The summed E-state index contributed by atoms with van der Waals surface area (Å²) >= 11 is 0. The van der Waals surface area contributed by atoms with Crippen molar-refractivity contribution in [3.63, 3.8) is 0 Å². The Kier molecular flexibility index (Phi) is 2.68. The van der Waals surface area contributed by atoms with Crippen LogP contribution in [0, 0.1) is 12.3 Å². The normalized spacial score (nSPS) is 33.5. The van der Waals surface area contributed by atoms with Gasteiger partial charge in [0, 0.05) is 0 Å². The first-order valence-electron chi connectivity index (χ1n) is 5.34. The lowest BCUT2D eigenvalue weighted by Gasteiger charge is -1.96. The minimum absolute atomic E-state index is 0.284. The van der Waals surface area contributed by atoms with E-state index in [0.29, 0.717) is 6.10 Å². The SMILES string of the molecule is [2H]C#C[C@]1(C)O[C@H]1CCCCCC. The first-order chi connectivity index (χ1) is 6.23. The molecule has 1 fully saturated rings. The van der Waals surface area contributed by atoms with Crippen molar-refractivity contribution in [2.45, 2.75) is 57.7 Å². The van der Waals surface area contributed by atoms with Crippen molar-refractivity contribution < 1.29 is 6.11 Å². The molecular weight excluding hydrogens is 148 g/mol. The molecule has 0 bridgehead atoms. The lowest BCUT2D eigenvalue weighted by Crippen LogP contribution is -2.05. The van der Waals surface area contributed by atoms with Crippen molar-refractivity contribution in [1.82, 2.24) is 0 Å². The average Bonchev–Trinajstić information content (AvgIpc) is 2.72. The van der Waals surface area contributed by atoms with E-state index in [2.05, 4.69) is 19.2 Å². The predicted octanol–water partition coefficient (Wildman–Crippen LogP) is 2.75. The Morgan fingerprint density at radius 2 is 2.42 bits per heavy atom. The molecule has 1 heteroatoms. The quantitative estimate of drug-likeness (QED) is 0.348. The lowest BCUT2D eigenvalue weighted by atomic mass is 10.0. The highest BCUT2D eigenvalue weighted by Crippen LogP contribution is 2.38. The van der Waals surface area contributed by atoms with Crippen LogP contribution in [0.2, 0.25) is 0 Å². The zero-order valence-electron chi connectivity index (χ0n) is 9.02. The van der Waals surface area contributed by atoms with E-state index in [1.807, 2.05) is 6.92 Å². The molecule has 0 spiro atoms. The molecule has 0 saturated carbocycles. The van der Waals surface area contributed by atoms with Gasteiger partial charge < -0.3 is 4.74 Å². The third-order valence-electron chi connectivity index (χ3n) is 2.51. The van der Waals surface area contributed by atoms with E-state index >= 15 is 0 Å². The Hall–Kier alpha value is -0.480. The second-order valence-electron chi connectivity index (χ2n) is 3.69. The van der Waals surface area contributed by atoms with Gasteiger partial charge in [0.05, 0.1) is 6.10 Å². The zero-order chi connectivity index (χ0) is 9.73. The Morgan fingerprint density at radius 1 is 1.58 bits per heavy atom. The molecule has 2 atom stereocenters. The van der Waals surface area contributed by atoms with Crippen molar-refractivity contribution in [3.8, 4) is 12.3 Å². The Morgan fingerprint density at radius 3 is 3.08 bits per heavy atom. The van der Waals surface area contributed by atoms with Gasteiger partial charge in [-0.2, -0.15) is 0 Å². The van der Waals surface area contributed by atoms with Crippen LogP contribution in [0.5, 0.6) is 0 Å². The highest BCUT2D eigenvalue weighted by Gasteiger charge is 2.50.